The van der Waals surface area contributed by atoms with E-state index >= 15 is 0 Å². The van der Waals surface area contributed by atoms with Crippen molar-refractivity contribution in [3.63, 3.8) is 0 Å². The molecule has 2 aromatic rings. The first kappa shape index (κ1) is 23.1. The van der Waals surface area contributed by atoms with Crippen LogP contribution >= 0.6 is 11.3 Å². The standard InChI is InChI=1S/C27H33N3O3S/c1-18-22(27(33)29-14-6-3-7-15-29)25(34-23(18)19-8-4-2-5-9-19)28-24(31)20-12-16-30(17-13-20)26(32)21-10-11-21/h2,4-5,8-9,20-21H,3,6-7,10-17H2,1H3,(H,28,31). The molecule has 1 saturated carbocycles. The van der Waals surface area contributed by atoms with Crippen LogP contribution < -0.4 is 5.32 Å². The highest BCUT2D eigenvalue weighted by Gasteiger charge is 2.36. The molecule has 0 spiro atoms. The van der Waals surface area contributed by atoms with E-state index in [9.17, 15) is 14.4 Å². The summed E-state index contributed by atoms with van der Waals surface area (Å²) < 4.78 is 0. The molecule has 3 amide bonds. The molecule has 1 N–H and O–H groups in total. The summed E-state index contributed by atoms with van der Waals surface area (Å²) >= 11 is 1.50. The molecular formula is C27H33N3O3S. The normalized spacial score (nSPS) is 19.2. The maximum atomic E-state index is 13.6. The summed E-state index contributed by atoms with van der Waals surface area (Å²) in [5.74, 6) is 0.334. The number of thiophene rings is 1. The molecule has 7 heteroatoms. The predicted molar refractivity (Wildman–Crippen MR) is 135 cm³/mol. The van der Waals surface area contributed by atoms with Crippen LogP contribution in [0.5, 0.6) is 0 Å². The van der Waals surface area contributed by atoms with Crippen molar-refractivity contribution in [1.82, 2.24) is 9.80 Å². The third-order valence-electron chi connectivity index (χ3n) is 7.38. The number of piperidine rings is 2. The number of carbonyl (C=O) groups excluding carboxylic acids is 3. The largest absolute Gasteiger partial charge is 0.342 e. The molecule has 0 bridgehead atoms. The highest BCUT2D eigenvalue weighted by molar-refractivity contribution is 7.20. The molecule has 5 rings (SSSR count). The van der Waals surface area contributed by atoms with E-state index in [0.717, 1.165) is 61.2 Å². The second kappa shape index (κ2) is 9.90. The van der Waals surface area contributed by atoms with Gasteiger partial charge in [-0.15, -0.1) is 11.3 Å². The zero-order chi connectivity index (χ0) is 23.7. The van der Waals surface area contributed by atoms with Gasteiger partial charge >= 0.3 is 0 Å². The average Bonchev–Trinajstić information content (AvgIpc) is 3.68. The van der Waals surface area contributed by atoms with Crippen molar-refractivity contribution in [2.24, 2.45) is 11.8 Å². The second-order valence-corrected chi connectivity index (χ2v) is 10.9. The number of likely N-dealkylation sites (tertiary alicyclic amines) is 2. The maximum Gasteiger partial charge on any atom is 0.257 e. The summed E-state index contributed by atoms with van der Waals surface area (Å²) in [7, 11) is 0. The lowest BCUT2D eigenvalue weighted by molar-refractivity contribution is -0.135. The van der Waals surface area contributed by atoms with Gasteiger partial charge in [-0.2, -0.15) is 0 Å². The van der Waals surface area contributed by atoms with E-state index < -0.39 is 0 Å². The monoisotopic (exact) mass is 479 g/mol. The summed E-state index contributed by atoms with van der Waals surface area (Å²) in [6.07, 6.45) is 6.59. The van der Waals surface area contributed by atoms with Gasteiger partial charge in [-0.05, 0) is 63.0 Å². The molecule has 3 fully saturated rings. The number of anilines is 1. The van der Waals surface area contributed by atoms with Gasteiger partial charge in [-0.1, -0.05) is 30.3 Å². The van der Waals surface area contributed by atoms with Crippen LogP contribution in [-0.4, -0.2) is 53.7 Å². The first-order chi connectivity index (χ1) is 16.5. The zero-order valence-electron chi connectivity index (χ0n) is 19.8. The van der Waals surface area contributed by atoms with Crippen molar-refractivity contribution in [2.75, 3.05) is 31.5 Å². The van der Waals surface area contributed by atoms with E-state index in [1.807, 2.05) is 47.1 Å². The second-order valence-electron chi connectivity index (χ2n) is 9.84. The fourth-order valence-electron chi connectivity index (χ4n) is 5.14. The molecule has 6 nitrogen and oxygen atoms in total. The molecular weight excluding hydrogens is 446 g/mol. The first-order valence-corrected chi connectivity index (χ1v) is 13.4. The summed E-state index contributed by atoms with van der Waals surface area (Å²) in [6.45, 7) is 4.83. The summed E-state index contributed by atoms with van der Waals surface area (Å²) in [4.78, 5) is 44.1. The molecule has 180 valence electrons. The Balaban J connectivity index is 1.36. The number of nitrogens with zero attached hydrogens (tertiary/aromatic N) is 2. The van der Waals surface area contributed by atoms with Crippen molar-refractivity contribution in [3.05, 3.63) is 41.5 Å². The molecule has 0 atom stereocenters. The van der Waals surface area contributed by atoms with Crippen LogP contribution in [0.15, 0.2) is 30.3 Å². The van der Waals surface area contributed by atoms with Crippen molar-refractivity contribution in [1.29, 1.82) is 0 Å². The van der Waals surface area contributed by atoms with Crippen molar-refractivity contribution < 1.29 is 14.4 Å². The van der Waals surface area contributed by atoms with Crippen LogP contribution in [0.1, 0.15) is 60.9 Å². The van der Waals surface area contributed by atoms with Crippen LogP contribution in [0.3, 0.4) is 0 Å². The predicted octanol–water partition coefficient (Wildman–Crippen LogP) is 4.94. The van der Waals surface area contributed by atoms with Crippen molar-refractivity contribution in [2.45, 2.75) is 51.9 Å². The van der Waals surface area contributed by atoms with Crippen LogP contribution in [0.4, 0.5) is 5.00 Å². The third kappa shape index (κ3) is 4.76. The lowest BCUT2D eigenvalue weighted by Gasteiger charge is -2.31. The highest BCUT2D eigenvalue weighted by atomic mass is 32.1. The zero-order valence-corrected chi connectivity index (χ0v) is 20.7. The lowest BCUT2D eigenvalue weighted by Crippen LogP contribution is -2.42. The van der Waals surface area contributed by atoms with Crippen molar-refractivity contribution >= 4 is 34.1 Å². The molecule has 2 aliphatic heterocycles. The van der Waals surface area contributed by atoms with Crippen LogP contribution in [0.2, 0.25) is 0 Å². The van der Waals surface area contributed by atoms with Gasteiger partial charge in [0, 0.05) is 42.9 Å². The van der Waals surface area contributed by atoms with Gasteiger partial charge in [-0.25, -0.2) is 0 Å². The Hall–Kier alpha value is -2.67. The van der Waals surface area contributed by atoms with Crippen LogP contribution in [-0.2, 0) is 9.59 Å². The fraction of sp³-hybridized carbons (Fsp3) is 0.519. The molecule has 3 aliphatic rings. The Morgan fingerprint density at radius 1 is 0.853 bits per heavy atom. The van der Waals surface area contributed by atoms with Gasteiger partial charge in [-0.3, -0.25) is 14.4 Å². The Morgan fingerprint density at radius 2 is 1.53 bits per heavy atom. The van der Waals surface area contributed by atoms with Gasteiger partial charge in [0.25, 0.3) is 5.91 Å². The Bertz CT molecular complexity index is 1060. The average molecular weight is 480 g/mol. The van der Waals surface area contributed by atoms with E-state index in [1.54, 1.807) is 0 Å². The van der Waals surface area contributed by atoms with E-state index in [2.05, 4.69) is 5.32 Å². The minimum absolute atomic E-state index is 0.0239. The number of nitrogens with one attached hydrogen (secondary N) is 1. The molecule has 3 heterocycles. The Kier molecular flexibility index (Phi) is 6.73. The highest BCUT2D eigenvalue weighted by Crippen LogP contribution is 2.41. The van der Waals surface area contributed by atoms with Gasteiger partial charge in [0.1, 0.15) is 5.00 Å². The molecule has 1 aromatic carbocycles. The number of hydrogen-bond acceptors (Lipinski definition) is 4. The smallest absolute Gasteiger partial charge is 0.257 e. The van der Waals surface area contributed by atoms with E-state index in [0.29, 0.717) is 36.5 Å². The first-order valence-electron chi connectivity index (χ1n) is 12.6. The SMILES string of the molecule is Cc1c(-c2ccccc2)sc(NC(=O)C2CCN(C(=O)C3CC3)CC2)c1C(=O)N1CCCCC1. The lowest BCUT2D eigenvalue weighted by atomic mass is 9.95. The summed E-state index contributed by atoms with van der Waals surface area (Å²) in [6, 6.07) is 10.1. The molecule has 34 heavy (non-hydrogen) atoms. The fourth-order valence-corrected chi connectivity index (χ4v) is 6.35. The molecule has 0 unspecified atom stereocenters. The topological polar surface area (TPSA) is 69.7 Å². The van der Waals surface area contributed by atoms with E-state index in [4.69, 9.17) is 0 Å². The van der Waals surface area contributed by atoms with Gasteiger partial charge in [0.2, 0.25) is 11.8 Å². The number of amides is 3. The van der Waals surface area contributed by atoms with Crippen molar-refractivity contribution in [3.8, 4) is 10.4 Å². The van der Waals surface area contributed by atoms with E-state index in [-0.39, 0.29) is 29.6 Å². The molecule has 1 aliphatic carbocycles. The number of carbonyl (C=O) groups is 3. The number of rotatable bonds is 5. The Morgan fingerprint density at radius 3 is 2.18 bits per heavy atom. The maximum absolute atomic E-state index is 13.6. The number of hydrogen-bond donors (Lipinski definition) is 1. The van der Waals surface area contributed by atoms with Gasteiger partial charge in [0.05, 0.1) is 5.56 Å². The van der Waals surface area contributed by atoms with Gasteiger partial charge < -0.3 is 15.1 Å². The van der Waals surface area contributed by atoms with Gasteiger partial charge in [0.15, 0.2) is 0 Å². The molecule has 2 saturated heterocycles. The minimum Gasteiger partial charge on any atom is -0.342 e. The molecule has 0 radical (unpaired) electrons. The third-order valence-corrected chi connectivity index (χ3v) is 8.64. The summed E-state index contributed by atoms with van der Waals surface area (Å²) in [5, 5.41) is 3.80. The summed E-state index contributed by atoms with van der Waals surface area (Å²) in [5.41, 5.74) is 2.64. The van der Waals surface area contributed by atoms with Crippen LogP contribution in [0, 0.1) is 18.8 Å². The van der Waals surface area contributed by atoms with Crippen LogP contribution in [0.25, 0.3) is 10.4 Å². The minimum atomic E-state index is -0.135. The van der Waals surface area contributed by atoms with E-state index in [1.165, 1.54) is 11.3 Å². The number of benzene rings is 1. The molecule has 1 aromatic heterocycles. The quantitative estimate of drug-likeness (QED) is 0.661. The Labute approximate surface area is 205 Å².